The second-order valence-corrected chi connectivity index (χ2v) is 5.59. The number of hydrogen-bond acceptors (Lipinski definition) is 2. The van der Waals surface area contributed by atoms with Crippen LogP contribution in [-0.2, 0) is 4.79 Å². The number of nitrogens with one attached hydrogen (secondary N) is 1. The van der Waals surface area contributed by atoms with Gasteiger partial charge < -0.3 is 5.32 Å². The average Bonchev–Trinajstić information content (AvgIpc) is 2.38. The Bertz CT molecular complexity index is 489. The molecule has 1 rings (SSSR count). The van der Waals surface area contributed by atoms with E-state index in [0.29, 0.717) is 28.7 Å². The van der Waals surface area contributed by atoms with Gasteiger partial charge in [0.15, 0.2) is 0 Å². The minimum Gasteiger partial charge on any atom is -0.325 e. The fraction of sp³-hybridized carbons (Fsp3) is 0.400. The van der Waals surface area contributed by atoms with Crippen LogP contribution >= 0.6 is 23.2 Å². The van der Waals surface area contributed by atoms with Crippen molar-refractivity contribution in [3.8, 4) is 0 Å². The van der Waals surface area contributed by atoms with Crippen LogP contribution in [0, 0.1) is 0 Å². The summed E-state index contributed by atoms with van der Waals surface area (Å²) >= 11 is 11.9. The van der Waals surface area contributed by atoms with Crippen LogP contribution in [-0.4, -0.2) is 30.4 Å². The Labute approximate surface area is 130 Å². The van der Waals surface area contributed by atoms with Crippen LogP contribution in [0.15, 0.2) is 30.4 Å². The molecule has 0 aliphatic heterocycles. The Balaban J connectivity index is 2.51. The number of halogens is 2. The molecule has 1 aromatic rings. The van der Waals surface area contributed by atoms with E-state index in [1.54, 1.807) is 18.2 Å². The van der Waals surface area contributed by atoms with Gasteiger partial charge >= 0.3 is 0 Å². The quantitative estimate of drug-likeness (QED) is 0.764. The molecule has 1 N–H and O–H groups in total. The van der Waals surface area contributed by atoms with Gasteiger partial charge in [0.25, 0.3) is 0 Å². The Morgan fingerprint density at radius 3 is 2.70 bits per heavy atom. The maximum atomic E-state index is 11.9. The third kappa shape index (κ3) is 5.95. The van der Waals surface area contributed by atoms with Crippen LogP contribution in [0.3, 0.4) is 0 Å². The molecule has 0 heterocycles. The zero-order valence-electron chi connectivity index (χ0n) is 11.9. The van der Waals surface area contributed by atoms with Gasteiger partial charge in [-0.2, -0.15) is 0 Å². The van der Waals surface area contributed by atoms with Crippen LogP contribution in [0.1, 0.15) is 20.3 Å². The molecule has 3 nitrogen and oxygen atoms in total. The van der Waals surface area contributed by atoms with Gasteiger partial charge in [-0.25, -0.2) is 0 Å². The first-order chi connectivity index (χ1) is 9.42. The van der Waals surface area contributed by atoms with E-state index in [9.17, 15) is 4.79 Å². The number of likely N-dealkylation sites (N-methyl/N-ethyl adjacent to an activating group) is 1. The summed E-state index contributed by atoms with van der Waals surface area (Å²) in [6, 6.07) is 5.00. The molecular weight excluding hydrogens is 295 g/mol. The van der Waals surface area contributed by atoms with Crippen LogP contribution in [0.5, 0.6) is 0 Å². The summed E-state index contributed by atoms with van der Waals surface area (Å²) in [5.74, 6) is -0.0747. The fourth-order valence-electron chi connectivity index (χ4n) is 1.80. The predicted octanol–water partition coefficient (Wildman–Crippen LogP) is 4.22. The molecular formula is C15H20Cl2N2O. The number of anilines is 1. The highest BCUT2D eigenvalue weighted by molar-refractivity contribution is 6.35. The molecule has 0 atom stereocenters. The molecule has 0 bridgehead atoms. The molecule has 1 aromatic carbocycles. The van der Waals surface area contributed by atoms with Crippen molar-refractivity contribution in [2.75, 3.05) is 25.0 Å². The Morgan fingerprint density at radius 2 is 2.10 bits per heavy atom. The van der Waals surface area contributed by atoms with E-state index in [4.69, 9.17) is 23.2 Å². The van der Waals surface area contributed by atoms with E-state index in [1.807, 2.05) is 6.92 Å². The molecule has 110 valence electrons. The van der Waals surface area contributed by atoms with Crippen LogP contribution in [0.4, 0.5) is 5.69 Å². The highest BCUT2D eigenvalue weighted by Gasteiger charge is 2.09. The first-order valence-electron chi connectivity index (χ1n) is 6.54. The largest absolute Gasteiger partial charge is 0.325 e. The van der Waals surface area contributed by atoms with E-state index >= 15 is 0 Å². The topological polar surface area (TPSA) is 32.3 Å². The Morgan fingerprint density at radius 1 is 1.40 bits per heavy atom. The van der Waals surface area contributed by atoms with E-state index in [-0.39, 0.29) is 5.91 Å². The summed E-state index contributed by atoms with van der Waals surface area (Å²) in [5.41, 5.74) is 1.64. The minimum absolute atomic E-state index is 0.0747. The van der Waals surface area contributed by atoms with Crippen molar-refractivity contribution in [1.29, 1.82) is 0 Å². The van der Waals surface area contributed by atoms with Crippen molar-refractivity contribution in [3.63, 3.8) is 0 Å². The summed E-state index contributed by atoms with van der Waals surface area (Å²) in [6.07, 6.45) is 0.407. The highest BCUT2D eigenvalue weighted by atomic mass is 35.5. The summed E-state index contributed by atoms with van der Waals surface area (Å²) in [6.45, 7) is 10.3. The fourth-order valence-corrected chi connectivity index (χ4v) is 2.13. The van der Waals surface area contributed by atoms with Crippen LogP contribution in [0.25, 0.3) is 0 Å². The number of hydrogen-bond donors (Lipinski definition) is 1. The van der Waals surface area contributed by atoms with Gasteiger partial charge in [0.2, 0.25) is 5.91 Å². The van der Waals surface area contributed by atoms with Crippen molar-refractivity contribution in [2.45, 2.75) is 20.3 Å². The maximum Gasteiger partial charge on any atom is 0.225 e. The second kappa shape index (κ2) is 8.30. The lowest BCUT2D eigenvalue weighted by molar-refractivity contribution is -0.116. The summed E-state index contributed by atoms with van der Waals surface area (Å²) in [5, 5.41) is 3.81. The monoisotopic (exact) mass is 314 g/mol. The van der Waals surface area contributed by atoms with E-state index < -0.39 is 0 Å². The molecule has 0 radical (unpaired) electrons. The van der Waals surface area contributed by atoms with Crippen molar-refractivity contribution < 1.29 is 4.79 Å². The Kier molecular flexibility index (Phi) is 7.06. The predicted molar refractivity (Wildman–Crippen MR) is 86.6 cm³/mol. The lowest BCUT2D eigenvalue weighted by Gasteiger charge is -2.20. The van der Waals surface area contributed by atoms with Gasteiger partial charge in [-0.15, -0.1) is 0 Å². The molecule has 5 heteroatoms. The van der Waals surface area contributed by atoms with E-state index in [0.717, 1.165) is 18.7 Å². The standard InChI is InChI=1S/C15H20Cl2N2O/c1-4-19(10-11(2)3)8-7-15(20)18-14-9-12(16)5-6-13(14)17/h5-6,9H,2,4,7-8,10H2,1,3H3,(H,18,20). The SMILES string of the molecule is C=C(C)CN(CC)CCC(=O)Nc1cc(Cl)ccc1Cl. The lowest BCUT2D eigenvalue weighted by Crippen LogP contribution is -2.29. The summed E-state index contributed by atoms with van der Waals surface area (Å²) in [4.78, 5) is 14.1. The molecule has 0 unspecified atom stereocenters. The molecule has 0 aliphatic carbocycles. The molecule has 20 heavy (non-hydrogen) atoms. The van der Waals surface area contributed by atoms with Crippen molar-refractivity contribution in [3.05, 3.63) is 40.4 Å². The summed E-state index contributed by atoms with van der Waals surface area (Å²) in [7, 11) is 0. The zero-order chi connectivity index (χ0) is 15.1. The number of rotatable bonds is 7. The zero-order valence-corrected chi connectivity index (χ0v) is 13.4. The number of benzene rings is 1. The second-order valence-electron chi connectivity index (χ2n) is 4.75. The molecule has 0 aliphatic rings. The number of carbonyl (C=O) groups excluding carboxylic acids is 1. The first-order valence-corrected chi connectivity index (χ1v) is 7.29. The van der Waals surface area contributed by atoms with Gasteiger partial charge in [-0.1, -0.05) is 42.3 Å². The molecule has 0 aromatic heterocycles. The van der Waals surface area contributed by atoms with Gasteiger partial charge in [0.05, 0.1) is 10.7 Å². The average molecular weight is 315 g/mol. The van der Waals surface area contributed by atoms with Crippen molar-refractivity contribution >= 4 is 34.8 Å². The molecule has 0 saturated carbocycles. The van der Waals surface area contributed by atoms with E-state index in [1.165, 1.54) is 0 Å². The van der Waals surface area contributed by atoms with Gasteiger partial charge in [-0.3, -0.25) is 9.69 Å². The summed E-state index contributed by atoms with van der Waals surface area (Å²) < 4.78 is 0. The normalized spacial score (nSPS) is 10.7. The molecule has 0 saturated heterocycles. The van der Waals surface area contributed by atoms with Gasteiger partial charge in [-0.05, 0) is 31.7 Å². The number of nitrogens with zero attached hydrogens (tertiary/aromatic N) is 1. The van der Waals surface area contributed by atoms with Crippen molar-refractivity contribution in [2.24, 2.45) is 0 Å². The minimum atomic E-state index is -0.0747. The molecule has 0 spiro atoms. The molecule has 0 fully saturated rings. The first kappa shape index (κ1) is 17.0. The van der Waals surface area contributed by atoms with Crippen molar-refractivity contribution in [1.82, 2.24) is 4.90 Å². The third-order valence-electron chi connectivity index (χ3n) is 2.80. The van der Waals surface area contributed by atoms with Gasteiger partial charge in [0, 0.05) is 24.5 Å². The van der Waals surface area contributed by atoms with Gasteiger partial charge in [0.1, 0.15) is 0 Å². The number of amides is 1. The highest BCUT2D eigenvalue weighted by Crippen LogP contribution is 2.25. The Hall–Kier alpha value is -1.03. The van der Waals surface area contributed by atoms with Crippen LogP contribution in [0.2, 0.25) is 10.0 Å². The smallest absolute Gasteiger partial charge is 0.225 e. The third-order valence-corrected chi connectivity index (χ3v) is 3.36. The van der Waals surface area contributed by atoms with Crippen LogP contribution < -0.4 is 5.32 Å². The lowest BCUT2D eigenvalue weighted by atomic mass is 10.2. The maximum absolute atomic E-state index is 11.9. The van der Waals surface area contributed by atoms with E-state index in [2.05, 4.69) is 23.7 Å². The molecule has 1 amide bonds. The number of carbonyl (C=O) groups is 1.